The standard InChI is InChI=1S/C18H23FN4O4/c1-6-9-20-16(24)15-11(2)17(22(21-15)18(3,4)5)27-14-8-7-12(23(25)26)10-13(14)19/h7-8,10H,6,9H2,1-5H3,(H,20,24). The average Bonchev–Trinajstić information content (AvgIpc) is 2.91. The van der Waals surface area contributed by atoms with Gasteiger partial charge in [-0.05, 0) is 40.2 Å². The Labute approximate surface area is 156 Å². The molecule has 146 valence electrons. The molecule has 1 aromatic carbocycles. The minimum Gasteiger partial charge on any atom is -0.436 e. The van der Waals surface area contributed by atoms with Gasteiger partial charge in [0.15, 0.2) is 17.3 Å². The molecule has 0 bridgehead atoms. The maximum atomic E-state index is 14.2. The predicted molar refractivity (Wildman–Crippen MR) is 97.7 cm³/mol. The number of hydrogen-bond acceptors (Lipinski definition) is 5. The number of nitro benzene ring substituents is 1. The molecular formula is C18H23FN4O4. The number of halogens is 1. The number of hydrogen-bond donors (Lipinski definition) is 1. The minimum atomic E-state index is -0.873. The molecule has 27 heavy (non-hydrogen) atoms. The molecule has 0 aliphatic carbocycles. The molecule has 0 atom stereocenters. The molecule has 9 heteroatoms. The Bertz CT molecular complexity index is 871. The highest BCUT2D eigenvalue weighted by Gasteiger charge is 2.28. The van der Waals surface area contributed by atoms with Crippen LogP contribution in [0.2, 0.25) is 0 Å². The Morgan fingerprint density at radius 3 is 2.59 bits per heavy atom. The number of benzene rings is 1. The number of amides is 1. The zero-order valence-corrected chi connectivity index (χ0v) is 16.0. The second kappa shape index (κ2) is 7.73. The lowest BCUT2D eigenvalue weighted by molar-refractivity contribution is -0.385. The van der Waals surface area contributed by atoms with E-state index >= 15 is 0 Å². The molecule has 2 aromatic rings. The Morgan fingerprint density at radius 2 is 2.07 bits per heavy atom. The summed E-state index contributed by atoms with van der Waals surface area (Å²) in [4.78, 5) is 22.4. The summed E-state index contributed by atoms with van der Waals surface area (Å²) in [5, 5.41) is 17.9. The van der Waals surface area contributed by atoms with Gasteiger partial charge in [-0.1, -0.05) is 6.92 Å². The van der Waals surface area contributed by atoms with Crippen molar-refractivity contribution in [2.75, 3.05) is 6.54 Å². The van der Waals surface area contributed by atoms with E-state index in [2.05, 4.69) is 10.4 Å². The third-order valence-electron chi connectivity index (χ3n) is 3.79. The highest BCUT2D eigenvalue weighted by Crippen LogP contribution is 2.34. The molecule has 1 N–H and O–H groups in total. The summed E-state index contributed by atoms with van der Waals surface area (Å²) in [6.45, 7) is 9.71. The molecule has 8 nitrogen and oxygen atoms in total. The van der Waals surface area contributed by atoms with Gasteiger partial charge in [0, 0.05) is 18.2 Å². The molecule has 0 unspecified atom stereocenters. The normalized spacial score (nSPS) is 11.3. The lowest BCUT2D eigenvalue weighted by atomic mass is 10.1. The Kier molecular flexibility index (Phi) is 5.82. The molecule has 0 saturated carbocycles. The quantitative estimate of drug-likeness (QED) is 0.606. The molecule has 0 spiro atoms. The zero-order chi connectivity index (χ0) is 20.4. The van der Waals surface area contributed by atoms with Crippen molar-refractivity contribution >= 4 is 11.6 Å². The van der Waals surface area contributed by atoms with E-state index < -0.39 is 16.3 Å². The maximum Gasteiger partial charge on any atom is 0.272 e. The number of non-ortho nitro benzene ring substituents is 1. The number of carbonyl (C=O) groups is 1. The first-order chi connectivity index (χ1) is 12.6. The van der Waals surface area contributed by atoms with Crippen molar-refractivity contribution in [3.8, 4) is 11.6 Å². The van der Waals surface area contributed by atoms with Crippen LogP contribution in [0, 0.1) is 22.9 Å². The first-order valence-corrected chi connectivity index (χ1v) is 8.56. The monoisotopic (exact) mass is 378 g/mol. The third-order valence-corrected chi connectivity index (χ3v) is 3.79. The van der Waals surface area contributed by atoms with Crippen LogP contribution in [0.5, 0.6) is 11.6 Å². The number of carbonyl (C=O) groups excluding carboxylic acids is 1. The maximum absolute atomic E-state index is 14.2. The zero-order valence-electron chi connectivity index (χ0n) is 16.0. The van der Waals surface area contributed by atoms with Gasteiger partial charge in [0.25, 0.3) is 11.6 Å². The van der Waals surface area contributed by atoms with Gasteiger partial charge in [-0.25, -0.2) is 9.07 Å². The van der Waals surface area contributed by atoms with Crippen LogP contribution >= 0.6 is 0 Å². The van der Waals surface area contributed by atoms with Gasteiger partial charge >= 0.3 is 0 Å². The lowest BCUT2D eigenvalue weighted by Crippen LogP contribution is -2.27. The minimum absolute atomic E-state index is 0.186. The van der Waals surface area contributed by atoms with E-state index in [4.69, 9.17) is 4.74 Å². The summed E-state index contributed by atoms with van der Waals surface area (Å²) in [6, 6.07) is 3.13. The Hall–Kier alpha value is -2.97. The summed E-state index contributed by atoms with van der Waals surface area (Å²) in [6.07, 6.45) is 0.780. The van der Waals surface area contributed by atoms with Gasteiger partial charge < -0.3 is 10.1 Å². The molecule has 0 radical (unpaired) electrons. The summed E-state index contributed by atoms with van der Waals surface area (Å²) >= 11 is 0. The molecule has 1 amide bonds. The topological polar surface area (TPSA) is 99.3 Å². The largest absolute Gasteiger partial charge is 0.436 e. The SMILES string of the molecule is CCCNC(=O)c1nn(C(C)(C)C)c(Oc2ccc([N+](=O)[O-])cc2F)c1C. The average molecular weight is 378 g/mol. The molecule has 0 saturated heterocycles. The van der Waals surface area contributed by atoms with E-state index in [0.717, 1.165) is 18.6 Å². The molecule has 2 rings (SSSR count). The number of nitrogens with one attached hydrogen (secondary N) is 1. The smallest absolute Gasteiger partial charge is 0.272 e. The Balaban J connectivity index is 2.47. The van der Waals surface area contributed by atoms with Crippen molar-refractivity contribution in [2.45, 2.75) is 46.6 Å². The van der Waals surface area contributed by atoms with Crippen LogP contribution in [0.4, 0.5) is 10.1 Å². The van der Waals surface area contributed by atoms with Crippen LogP contribution in [0.1, 0.15) is 50.2 Å². The highest BCUT2D eigenvalue weighted by atomic mass is 19.1. The fraction of sp³-hybridized carbons (Fsp3) is 0.444. The number of nitro groups is 1. The van der Waals surface area contributed by atoms with Crippen LogP contribution < -0.4 is 10.1 Å². The number of aromatic nitrogens is 2. The molecule has 0 aliphatic heterocycles. The fourth-order valence-corrected chi connectivity index (χ4v) is 2.38. The highest BCUT2D eigenvalue weighted by molar-refractivity contribution is 5.94. The van der Waals surface area contributed by atoms with E-state index in [1.54, 1.807) is 6.92 Å². The van der Waals surface area contributed by atoms with Gasteiger partial charge in [-0.2, -0.15) is 5.10 Å². The molecule has 0 fully saturated rings. The van der Waals surface area contributed by atoms with Crippen molar-refractivity contribution < 1.29 is 18.8 Å². The lowest BCUT2D eigenvalue weighted by Gasteiger charge is -2.22. The second-order valence-corrected chi connectivity index (χ2v) is 7.09. The predicted octanol–water partition coefficient (Wildman–Crippen LogP) is 3.93. The molecular weight excluding hydrogens is 355 g/mol. The second-order valence-electron chi connectivity index (χ2n) is 7.09. The van der Waals surface area contributed by atoms with Crippen LogP contribution in [-0.2, 0) is 5.54 Å². The van der Waals surface area contributed by atoms with Crippen LogP contribution in [0.3, 0.4) is 0 Å². The number of rotatable bonds is 6. The van der Waals surface area contributed by atoms with Gasteiger partial charge in [0.1, 0.15) is 0 Å². The van der Waals surface area contributed by atoms with Crippen molar-refractivity contribution in [1.29, 1.82) is 0 Å². The van der Waals surface area contributed by atoms with Crippen LogP contribution in [-0.4, -0.2) is 27.2 Å². The fourth-order valence-electron chi connectivity index (χ4n) is 2.38. The first kappa shape index (κ1) is 20.3. The third kappa shape index (κ3) is 4.42. The molecule has 0 aliphatic rings. The van der Waals surface area contributed by atoms with E-state index in [9.17, 15) is 19.3 Å². The van der Waals surface area contributed by atoms with Crippen molar-refractivity contribution in [1.82, 2.24) is 15.1 Å². The van der Waals surface area contributed by atoms with E-state index in [1.807, 2.05) is 27.7 Å². The van der Waals surface area contributed by atoms with Crippen LogP contribution in [0.15, 0.2) is 18.2 Å². The van der Waals surface area contributed by atoms with Gasteiger partial charge in [0.2, 0.25) is 5.88 Å². The Morgan fingerprint density at radius 1 is 1.41 bits per heavy atom. The molecule has 1 heterocycles. The summed E-state index contributed by atoms with van der Waals surface area (Å²) in [5.41, 5.74) is -0.270. The van der Waals surface area contributed by atoms with Crippen molar-refractivity contribution in [3.05, 3.63) is 45.4 Å². The van der Waals surface area contributed by atoms with E-state index in [-0.39, 0.29) is 28.9 Å². The van der Waals surface area contributed by atoms with Crippen LogP contribution in [0.25, 0.3) is 0 Å². The number of nitrogens with zero attached hydrogens (tertiary/aromatic N) is 3. The summed E-state index contributed by atoms with van der Waals surface area (Å²) in [7, 11) is 0. The molecule has 1 aromatic heterocycles. The van der Waals surface area contributed by atoms with E-state index in [0.29, 0.717) is 12.1 Å². The van der Waals surface area contributed by atoms with Gasteiger partial charge in [-0.3, -0.25) is 14.9 Å². The van der Waals surface area contributed by atoms with E-state index in [1.165, 1.54) is 10.7 Å². The van der Waals surface area contributed by atoms with Gasteiger partial charge in [-0.15, -0.1) is 0 Å². The number of ether oxygens (including phenoxy) is 1. The van der Waals surface area contributed by atoms with Crippen molar-refractivity contribution in [3.63, 3.8) is 0 Å². The summed E-state index contributed by atoms with van der Waals surface area (Å²) < 4.78 is 21.4. The first-order valence-electron chi connectivity index (χ1n) is 8.56. The van der Waals surface area contributed by atoms with Gasteiger partial charge in [0.05, 0.1) is 16.5 Å². The summed E-state index contributed by atoms with van der Waals surface area (Å²) in [5.74, 6) is -1.19. The van der Waals surface area contributed by atoms with Crippen molar-refractivity contribution in [2.24, 2.45) is 0 Å².